The number of nitriles is 1. The summed E-state index contributed by atoms with van der Waals surface area (Å²) in [6, 6.07) is 2.51. The number of nitrogens with two attached hydrogens (primary N) is 1. The van der Waals surface area contributed by atoms with Crippen LogP contribution < -0.4 is 5.73 Å². The smallest absolute Gasteiger partial charge is 0.0621 e. The zero-order valence-corrected chi connectivity index (χ0v) is 9.08. The lowest BCUT2D eigenvalue weighted by atomic mass is 10.0. The molecule has 1 saturated heterocycles. The highest BCUT2D eigenvalue weighted by Gasteiger charge is 2.24. The third-order valence-corrected chi connectivity index (χ3v) is 3.07. The van der Waals surface area contributed by atoms with Crippen molar-refractivity contribution in [1.82, 2.24) is 4.90 Å². The Balaban J connectivity index is 2.08. The molecule has 2 N–H and O–H groups in total. The molecule has 0 aromatic carbocycles. The number of unbranched alkanes of at least 4 members (excludes halogenated alkanes) is 2. The standard InChI is InChI=1S/C11H21N3/c1-10(13)11-5-8-14(9-11)7-4-2-3-6-12/h10-11H,2-5,7-9,13H2,1H3. The van der Waals surface area contributed by atoms with Crippen LogP contribution in [0.2, 0.25) is 0 Å². The minimum atomic E-state index is 0.333. The summed E-state index contributed by atoms with van der Waals surface area (Å²) < 4.78 is 0. The van der Waals surface area contributed by atoms with Crippen LogP contribution in [-0.4, -0.2) is 30.6 Å². The SMILES string of the molecule is CC(N)C1CCN(CCCCC#N)C1. The van der Waals surface area contributed by atoms with Gasteiger partial charge in [0, 0.05) is 19.0 Å². The Morgan fingerprint density at radius 1 is 1.57 bits per heavy atom. The Bertz CT molecular complexity index is 195. The highest BCUT2D eigenvalue weighted by molar-refractivity contribution is 4.80. The Hall–Kier alpha value is -0.590. The lowest BCUT2D eigenvalue weighted by Gasteiger charge is -2.17. The van der Waals surface area contributed by atoms with Crippen LogP contribution in [0.4, 0.5) is 0 Å². The van der Waals surface area contributed by atoms with Crippen molar-refractivity contribution in [2.75, 3.05) is 19.6 Å². The van der Waals surface area contributed by atoms with Crippen LogP contribution in [0.5, 0.6) is 0 Å². The summed E-state index contributed by atoms with van der Waals surface area (Å²) in [7, 11) is 0. The van der Waals surface area contributed by atoms with Crippen LogP contribution >= 0.6 is 0 Å². The van der Waals surface area contributed by atoms with Gasteiger partial charge in [0.1, 0.15) is 0 Å². The van der Waals surface area contributed by atoms with E-state index in [4.69, 9.17) is 11.0 Å². The topological polar surface area (TPSA) is 53.0 Å². The molecule has 80 valence electrons. The van der Waals surface area contributed by atoms with Gasteiger partial charge in [0.15, 0.2) is 0 Å². The molecule has 1 aliphatic rings. The van der Waals surface area contributed by atoms with E-state index in [-0.39, 0.29) is 0 Å². The Labute approximate surface area is 86.9 Å². The van der Waals surface area contributed by atoms with Crippen molar-refractivity contribution in [3.8, 4) is 6.07 Å². The normalized spacial score (nSPS) is 24.8. The summed E-state index contributed by atoms with van der Waals surface area (Å²) in [5.41, 5.74) is 5.87. The molecule has 0 saturated carbocycles. The maximum absolute atomic E-state index is 8.39. The van der Waals surface area contributed by atoms with Crippen molar-refractivity contribution in [2.24, 2.45) is 11.7 Å². The zero-order chi connectivity index (χ0) is 10.4. The Morgan fingerprint density at radius 2 is 2.36 bits per heavy atom. The molecule has 2 atom stereocenters. The van der Waals surface area contributed by atoms with Gasteiger partial charge in [0.2, 0.25) is 0 Å². The highest BCUT2D eigenvalue weighted by atomic mass is 15.1. The van der Waals surface area contributed by atoms with Gasteiger partial charge in [-0.2, -0.15) is 5.26 Å². The molecule has 0 aliphatic carbocycles. The third-order valence-electron chi connectivity index (χ3n) is 3.07. The zero-order valence-electron chi connectivity index (χ0n) is 9.08. The van der Waals surface area contributed by atoms with Gasteiger partial charge in [0.05, 0.1) is 6.07 Å². The predicted octanol–water partition coefficient (Wildman–Crippen LogP) is 1.35. The molecular weight excluding hydrogens is 174 g/mol. The molecule has 3 heteroatoms. The molecule has 0 spiro atoms. The first-order valence-corrected chi connectivity index (χ1v) is 5.59. The summed E-state index contributed by atoms with van der Waals surface area (Å²) in [4.78, 5) is 2.48. The van der Waals surface area contributed by atoms with Crippen molar-refractivity contribution < 1.29 is 0 Å². The first-order valence-electron chi connectivity index (χ1n) is 5.59. The average Bonchev–Trinajstić information content (AvgIpc) is 2.61. The van der Waals surface area contributed by atoms with Crippen LogP contribution in [0, 0.1) is 17.2 Å². The lowest BCUT2D eigenvalue weighted by molar-refractivity contribution is 0.309. The molecule has 1 aliphatic heterocycles. The van der Waals surface area contributed by atoms with Gasteiger partial charge in [-0.15, -0.1) is 0 Å². The molecular formula is C11H21N3. The summed E-state index contributed by atoms with van der Waals surface area (Å²) in [5.74, 6) is 0.686. The van der Waals surface area contributed by atoms with Crippen molar-refractivity contribution in [3.63, 3.8) is 0 Å². The van der Waals surface area contributed by atoms with Crippen molar-refractivity contribution in [2.45, 2.75) is 38.6 Å². The van der Waals surface area contributed by atoms with Crippen LogP contribution in [0.15, 0.2) is 0 Å². The van der Waals surface area contributed by atoms with Crippen molar-refractivity contribution in [1.29, 1.82) is 5.26 Å². The Kier molecular flexibility index (Phi) is 4.92. The second-order valence-electron chi connectivity index (χ2n) is 4.32. The van der Waals surface area contributed by atoms with Crippen LogP contribution in [-0.2, 0) is 0 Å². The summed E-state index contributed by atoms with van der Waals surface area (Å²) in [6.07, 6.45) is 4.13. The van der Waals surface area contributed by atoms with E-state index in [0.29, 0.717) is 18.4 Å². The molecule has 1 heterocycles. The fourth-order valence-corrected chi connectivity index (χ4v) is 2.03. The second kappa shape index (κ2) is 6.00. The minimum absolute atomic E-state index is 0.333. The minimum Gasteiger partial charge on any atom is -0.328 e. The van der Waals surface area contributed by atoms with Crippen molar-refractivity contribution >= 4 is 0 Å². The third kappa shape index (κ3) is 3.65. The molecule has 1 fully saturated rings. The largest absolute Gasteiger partial charge is 0.328 e. The monoisotopic (exact) mass is 195 g/mol. The van der Waals surface area contributed by atoms with E-state index in [1.165, 1.54) is 13.0 Å². The van der Waals surface area contributed by atoms with Gasteiger partial charge in [-0.3, -0.25) is 0 Å². The van der Waals surface area contributed by atoms with Crippen molar-refractivity contribution in [3.05, 3.63) is 0 Å². The summed E-state index contributed by atoms with van der Waals surface area (Å²) in [5, 5.41) is 8.39. The van der Waals surface area contributed by atoms with E-state index in [1.807, 2.05) is 0 Å². The highest BCUT2D eigenvalue weighted by Crippen LogP contribution is 2.18. The molecule has 1 rings (SSSR count). The molecule has 0 aromatic heterocycles. The molecule has 0 amide bonds. The predicted molar refractivity (Wildman–Crippen MR) is 57.7 cm³/mol. The maximum Gasteiger partial charge on any atom is 0.0621 e. The van der Waals surface area contributed by atoms with Gasteiger partial charge in [-0.25, -0.2) is 0 Å². The van der Waals surface area contributed by atoms with Crippen LogP contribution in [0.25, 0.3) is 0 Å². The number of rotatable bonds is 5. The molecule has 3 nitrogen and oxygen atoms in total. The van der Waals surface area contributed by atoms with Crippen LogP contribution in [0.3, 0.4) is 0 Å². The molecule has 14 heavy (non-hydrogen) atoms. The van der Waals surface area contributed by atoms with Crippen LogP contribution in [0.1, 0.15) is 32.6 Å². The molecule has 0 aromatic rings. The quantitative estimate of drug-likeness (QED) is 0.674. The van der Waals surface area contributed by atoms with Gasteiger partial charge in [0.25, 0.3) is 0 Å². The number of hydrogen-bond donors (Lipinski definition) is 1. The summed E-state index contributed by atoms with van der Waals surface area (Å²) >= 11 is 0. The number of hydrogen-bond acceptors (Lipinski definition) is 3. The van der Waals surface area contributed by atoms with E-state index in [9.17, 15) is 0 Å². The second-order valence-corrected chi connectivity index (χ2v) is 4.32. The fraction of sp³-hybridized carbons (Fsp3) is 0.909. The first kappa shape index (κ1) is 11.5. The fourth-order valence-electron chi connectivity index (χ4n) is 2.03. The van der Waals surface area contributed by atoms with E-state index in [2.05, 4.69) is 17.9 Å². The Morgan fingerprint density at radius 3 is 2.93 bits per heavy atom. The van der Waals surface area contributed by atoms with E-state index >= 15 is 0 Å². The molecule has 0 radical (unpaired) electrons. The summed E-state index contributed by atoms with van der Waals surface area (Å²) in [6.45, 7) is 5.59. The maximum atomic E-state index is 8.39. The number of likely N-dealkylation sites (tertiary alicyclic amines) is 1. The van der Waals surface area contributed by atoms with Gasteiger partial charge in [-0.1, -0.05) is 0 Å². The number of nitrogens with zero attached hydrogens (tertiary/aromatic N) is 2. The van der Waals surface area contributed by atoms with E-state index in [1.54, 1.807) is 0 Å². The van der Waals surface area contributed by atoms with E-state index < -0.39 is 0 Å². The molecule has 2 unspecified atom stereocenters. The lowest BCUT2D eigenvalue weighted by Crippen LogP contribution is -2.30. The van der Waals surface area contributed by atoms with Gasteiger partial charge in [-0.05, 0) is 45.2 Å². The van der Waals surface area contributed by atoms with E-state index in [0.717, 1.165) is 25.9 Å². The first-order chi connectivity index (χ1) is 6.74. The molecule has 0 bridgehead atoms. The average molecular weight is 195 g/mol. The van der Waals surface area contributed by atoms with Gasteiger partial charge >= 0.3 is 0 Å². The van der Waals surface area contributed by atoms with Gasteiger partial charge < -0.3 is 10.6 Å².